The number of fused-ring (bicyclic) bond motifs is 2. The molecule has 0 aromatic carbocycles. The van der Waals surface area contributed by atoms with Crippen molar-refractivity contribution in [2.75, 3.05) is 83.1 Å². The van der Waals surface area contributed by atoms with Crippen LogP contribution in [0.3, 0.4) is 0 Å². The smallest absolute Gasteiger partial charge is 0.347 e. The fourth-order valence-corrected chi connectivity index (χ4v) is 16.6. The standard InChI is InChI=1S/C74H112F10N12O12/c1-12-42(2)61-69(106)90(6)41-59(99)91(7)52-21-14-13-17-34-96(68(52)105)55(38-44-24-27-47(28-25-44)73(79,80)81)67(104)89(5)40-57(97)85-50(29-26-45-35-48(75)60(49(76)36-45)74(82,83)84)65(102)93(9)51(30-31-56(77)78)64(101)87-72(32-18-33-72)71(108)95(11)62(46-19-15-16-20-46)70(107)94(10)54(66(103)88(3)4)39-58(98)92(8)53(63(100)86-61)37-43-22-23-43/h13-14,42-56,60-62H,12,15-41H2,1-11H3,(H,85,97)(H,86,100)(H,87,101)/b14-13-/t42-,44?,45?,47?,48?,49?,50-,51-,52-,53-,54-,55-,60?,61-,62-/m0/s1. The molecule has 11 atom stereocenters. The van der Waals surface area contributed by atoms with Crippen LogP contribution in [-0.4, -0.2) is 283 Å². The van der Waals surface area contributed by atoms with Crippen molar-refractivity contribution in [2.45, 2.75) is 259 Å². The summed E-state index contributed by atoms with van der Waals surface area (Å²) in [6.45, 7) is 1.63. The van der Waals surface area contributed by atoms with Crippen molar-refractivity contribution in [3.63, 3.8) is 0 Å². The fourth-order valence-electron chi connectivity index (χ4n) is 16.6. The van der Waals surface area contributed by atoms with Gasteiger partial charge in [-0.2, -0.15) is 26.3 Å². The third-order valence-electron chi connectivity index (χ3n) is 24.0. The van der Waals surface area contributed by atoms with Gasteiger partial charge in [0.05, 0.1) is 25.4 Å². The highest BCUT2D eigenvalue weighted by atomic mass is 19.4. The molecule has 24 nitrogen and oxygen atoms in total. The lowest BCUT2D eigenvalue weighted by Crippen LogP contribution is -2.68. The second-order valence-corrected chi connectivity index (χ2v) is 31.8. The molecule has 108 heavy (non-hydrogen) atoms. The Balaban J connectivity index is 1.32. The van der Waals surface area contributed by atoms with Crippen LogP contribution in [0.25, 0.3) is 0 Å². The van der Waals surface area contributed by atoms with Crippen LogP contribution in [0.5, 0.6) is 0 Å². The van der Waals surface area contributed by atoms with Gasteiger partial charge in [0.15, 0.2) is 0 Å². The summed E-state index contributed by atoms with van der Waals surface area (Å²) in [7, 11) is 11.6. The maximum Gasteiger partial charge on any atom is 0.397 e. The molecule has 7 rings (SSSR count). The van der Waals surface area contributed by atoms with Crippen LogP contribution in [-0.2, 0) is 57.5 Å². The highest BCUT2D eigenvalue weighted by Crippen LogP contribution is 2.46. The minimum atomic E-state index is -5.26. The van der Waals surface area contributed by atoms with Crippen LogP contribution < -0.4 is 16.0 Å². The van der Waals surface area contributed by atoms with Gasteiger partial charge in [0.2, 0.25) is 77.3 Å². The molecule has 2 heterocycles. The van der Waals surface area contributed by atoms with Crippen LogP contribution in [0.2, 0.25) is 0 Å². The van der Waals surface area contributed by atoms with Crippen molar-refractivity contribution < 1.29 is 101 Å². The second-order valence-electron chi connectivity index (χ2n) is 31.8. The van der Waals surface area contributed by atoms with Gasteiger partial charge in [0.25, 0.3) is 0 Å². The number of carbonyl (C=O) groups excluding carboxylic acids is 12. The summed E-state index contributed by atoms with van der Waals surface area (Å²) in [5.41, 5.74) is -1.86. The van der Waals surface area contributed by atoms with Crippen LogP contribution in [0.4, 0.5) is 43.9 Å². The number of halogens is 10. The van der Waals surface area contributed by atoms with Crippen LogP contribution in [0.15, 0.2) is 12.2 Å². The van der Waals surface area contributed by atoms with E-state index >= 15 is 37.5 Å². The molecule has 5 aliphatic carbocycles. The van der Waals surface area contributed by atoms with Crippen molar-refractivity contribution in [2.24, 2.45) is 41.4 Å². The van der Waals surface area contributed by atoms with Crippen molar-refractivity contribution in [1.29, 1.82) is 0 Å². The first-order chi connectivity index (χ1) is 50.5. The van der Waals surface area contributed by atoms with Crippen molar-refractivity contribution in [1.82, 2.24) is 60.0 Å². The number of hydrogen-bond acceptors (Lipinski definition) is 12. The normalized spacial score (nSPS) is 31.5. The van der Waals surface area contributed by atoms with Gasteiger partial charge < -0.3 is 60.0 Å². The lowest BCUT2D eigenvalue weighted by Gasteiger charge is -2.47. The average molecular weight is 1550 g/mol. The molecular formula is C74H112F10N12O12. The molecule has 3 N–H and O–H groups in total. The molecule has 2 bridgehead atoms. The van der Waals surface area contributed by atoms with Crippen LogP contribution in [0, 0.1) is 41.4 Å². The molecule has 610 valence electrons. The van der Waals surface area contributed by atoms with Gasteiger partial charge >= 0.3 is 12.4 Å². The highest BCUT2D eigenvalue weighted by molar-refractivity contribution is 6.01. The van der Waals surface area contributed by atoms with E-state index in [1.165, 1.54) is 59.1 Å². The van der Waals surface area contributed by atoms with Gasteiger partial charge in [0.1, 0.15) is 72.1 Å². The molecule has 0 aromatic heterocycles. The average Bonchev–Trinajstić information content (AvgIpc) is 0.955. The number of carbonyl (C=O) groups is 12. The van der Waals surface area contributed by atoms with E-state index in [1.54, 1.807) is 26.0 Å². The Hall–Kier alpha value is -7.32. The predicted octanol–water partition coefficient (Wildman–Crippen LogP) is 6.97. The fraction of sp³-hybridized carbons (Fsp3) is 0.811. The summed E-state index contributed by atoms with van der Waals surface area (Å²) in [6, 6.07) is -12.2. The minimum absolute atomic E-state index is 0.0212. The molecule has 1 saturated heterocycles. The number of amides is 12. The Morgan fingerprint density at radius 2 is 1.19 bits per heavy atom. The van der Waals surface area contributed by atoms with Gasteiger partial charge in [-0.3, -0.25) is 57.5 Å². The Morgan fingerprint density at radius 1 is 0.602 bits per heavy atom. The predicted molar refractivity (Wildman–Crippen MR) is 375 cm³/mol. The molecule has 5 saturated carbocycles. The number of nitrogens with zero attached hydrogens (tertiary/aromatic N) is 9. The molecule has 0 radical (unpaired) electrons. The quantitative estimate of drug-likeness (QED) is 0.118. The van der Waals surface area contributed by atoms with Gasteiger partial charge in [-0.15, -0.1) is 0 Å². The van der Waals surface area contributed by atoms with Crippen LogP contribution >= 0.6 is 0 Å². The van der Waals surface area contributed by atoms with Gasteiger partial charge in [-0.25, -0.2) is 17.6 Å². The molecule has 0 aromatic rings. The number of likely N-dealkylation sites (N-methyl/N-ethyl adjacent to an activating group) is 8. The van der Waals surface area contributed by atoms with Crippen molar-refractivity contribution in [3.8, 4) is 0 Å². The summed E-state index contributed by atoms with van der Waals surface area (Å²) in [4.78, 5) is 190. The first-order valence-electron chi connectivity index (χ1n) is 38.1. The number of rotatable bonds is 14. The molecule has 1 spiro atoms. The zero-order valence-electron chi connectivity index (χ0n) is 64.0. The lowest BCUT2D eigenvalue weighted by atomic mass is 9.74. The SMILES string of the molecule is CC[C@H](C)[C@@H]1NC(=O)[C@H](CC2CC2)N(C)C(=O)C[C@@H](C(=O)N(C)C)N(C)C(=O)[C@H](C2CCCC2)N(C)C(=O)C2(CCC2)NC(=O)[C@H](CCC(F)F)N(C)C(=O)[C@H](CCC2CC(F)C(C(F)(F)F)C(F)C2)NC(=O)CN(C)C(=O)[C@H](CC2CCC(C(F)(F)F)CC2)N2CC/C=C\C[C@@H](C2=O)N(C)C(=O)CN(C)C1=O. The van der Waals surface area contributed by atoms with E-state index in [1.807, 2.05) is 0 Å². The van der Waals surface area contributed by atoms with Crippen LogP contribution in [0.1, 0.15) is 174 Å². The summed E-state index contributed by atoms with van der Waals surface area (Å²) < 4.78 is 144. The zero-order chi connectivity index (χ0) is 80.4. The van der Waals surface area contributed by atoms with Gasteiger partial charge in [-0.05, 0) is 145 Å². The Labute approximate surface area is 626 Å². The summed E-state index contributed by atoms with van der Waals surface area (Å²) in [6.07, 6.45) is -17.1. The zero-order valence-corrected chi connectivity index (χ0v) is 64.0. The van der Waals surface area contributed by atoms with E-state index in [2.05, 4.69) is 16.0 Å². The highest BCUT2D eigenvalue weighted by Gasteiger charge is 2.56. The van der Waals surface area contributed by atoms with Crippen molar-refractivity contribution >= 4 is 70.9 Å². The second kappa shape index (κ2) is 37.6. The summed E-state index contributed by atoms with van der Waals surface area (Å²) in [5, 5.41) is 8.04. The van der Waals surface area contributed by atoms with E-state index in [9.17, 15) is 63.9 Å². The first-order valence-corrected chi connectivity index (χ1v) is 38.1. The van der Waals surface area contributed by atoms with E-state index in [4.69, 9.17) is 0 Å². The molecule has 2 unspecified atom stereocenters. The maximum absolute atomic E-state index is 15.5. The largest absolute Gasteiger partial charge is 0.397 e. The monoisotopic (exact) mass is 1550 g/mol. The third kappa shape index (κ3) is 21.8. The van der Waals surface area contributed by atoms with E-state index < -0.39 is 249 Å². The molecule has 6 fully saturated rings. The molecule has 2 aliphatic heterocycles. The minimum Gasteiger partial charge on any atom is -0.347 e. The number of nitrogens with one attached hydrogen (secondary N) is 3. The molecule has 12 amide bonds. The Bertz CT molecular complexity index is 3220. The van der Waals surface area contributed by atoms with E-state index in [0.717, 1.165) is 43.5 Å². The molecule has 34 heteroatoms. The van der Waals surface area contributed by atoms with E-state index in [-0.39, 0.29) is 76.7 Å². The maximum atomic E-state index is 15.5. The topological polar surface area (TPSA) is 270 Å². The Morgan fingerprint density at radius 3 is 1.72 bits per heavy atom. The first kappa shape index (κ1) is 87.9. The molecular weight excluding hydrogens is 1440 g/mol. The molecule has 7 aliphatic rings. The summed E-state index contributed by atoms with van der Waals surface area (Å²) >= 11 is 0. The number of alkyl halides is 10. The van der Waals surface area contributed by atoms with E-state index in [0.29, 0.717) is 56.3 Å². The third-order valence-corrected chi connectivity index (χ3v) is 24.0. The van der Waals surface area contributed by atoms with Crippen molar-refractivity contribution in [3.05, 3.63) is 12.2 Å². The Kier molecular flexibility index (Phi) is 30.6. The van der Waals surface area contributed by atoms with Gasteiger partial charge in [-0.1, -0.05) is 58.1 Å². The van der Waals surface area contributed by atoms with Gasteiger partial charge in [0, 0.05) is 76.4 Å². The summed E-state index contributed by atoms with van der Waals surface area (Å²) in [5.74, 6) is -18.1. The lowest BCUT2D eigenvalue weighted by molar-refractivity contribution is -0.219. The number of hydrogen-bond donors (Lipinski definition) is 3.